The highest BCUT2D eigenvalue weighted by Crippen LogP contribution is 2.28. The summed E-state index contributed by atoms with van der Waals surface area (Å²) in [6.07, 6.45) is 4.10. The molecular formula is C15H12ClN3. The van der Waals surface area contributed by atoms with Gasteiger partial charge in [-0.05, 0) is 24.6 Å². The van der Waals surface area contributed by atoms with Crippen molar-refractivity contribution in [2.75, 3.05) is 0 Å². The normalized spacial score (nSPS) is 10.8. The fourth-order valence-corrected chi connectivity index (χ4v) is 2.44. The highest BCUT2D eigenvalue weighted by Gasteiger charge is 2.10. The number of pyridine rings is 1. The molecule has 0 fully saturated rings. The third-order valence-corrected chi connectivity index (χ3v) is 3.45. The predicted molar refractivity (Wildman–Crippen MR) is 77.2 cm³/mol. The van der Waals surface area contributed by atoms with Crippen LogP contribution in [0, 0.1) is 0 Å². The van der Waals surface area contributed by atoms with Crippen molar-refractivity contribution in [2.24, 2.45) is 0 Å². The Morgan fingerprint density at radius 3 is 2.84 bits per heavy atom. The fourth-order valence-electron chi connectivity index (χ4n) is 2.18. The van der Waals surface area contributed by atoms with E-state index in [1.54, 1.807) is 6.20 Å². The van der Waals surface area contributed by atoms with E-state index < -0.39 is 0 Å². The molecule has 0 N–H and O–H groups in total. The van der Waals surface area contributed by atoms with Crippen molar-refractivity contribution in [3.05, 3.63) is 53.6 Å². The van der Waals surface area contributed by atoms with Gasteiger partial charge in [0, 0.05) is 22.7 Å². The van der Waals surface area contributed by atoms with E-state index in [0.29, 0.717) is 5.15 Å². The zero-order valence-corrected chi connectivity index (χ0v) is 11.2. The van der Waals surface area contributed by atoms with Gasteiger partial charge in [-0.1, -0.05) is 30.7 Å². The van der Waals surface area contributed by atoms with Crippen LogP contribution < -0.4 is 0 Å². The van der Waals surface area contributed by atoms with Gasteiger partial charge in [-0.25, -0.2) is 9.97 Å². The van der Waals surface area contributed by atoms with Crippen LogP contribution in [0.4, 0.5) is 0 Å². The number of nitrogens with zero attached hydrogens (tertiary/aromatic N) is 3. The summed E-state index contributed by atoms with van der Waals surface area (Å²) in [4.78, 5) is 12.7. The van der Waals surface area contributed by atoms with E-state index in [1.807, 2.05) is 24.3 Å². The minimum Gasteiger partial charge on any atom is -0.256 e. The number of aromatic nitrogens is 3. The second-order valence-corrected chi connectivity index (χ2v) is 4.61. The Balaban J connectivity index is 2.22. The van der Waals surface area contributed by atoms with E-state index in [1.165, 1.54) is 6.33 Å². The molecular weight excluding hydrogens is 258 g/mol. The molecule has 4 heteroatoms. The first-order chi connectivity index (χ1) is 9.29. The van der Waals surface area contributed by atoms with Gasteiger partial charge in [0.25, 0.3) is 0 Å². The van der Waals surface area contributed by atoms with E-state index in [2.05, 4.69) is 27.9 Å². The van der Waals surface area contributed by atoms with Gasteiger partial charge in [0.05, 0.1) is 11.2 Å². The first-order valence-corrected chi connectivity index (χ1v) is 6.52. The van der Waals surface area contributed by atoms with Crippen LogP contribution in [0.1, 0.15) is 12.5 Å². The molecule has 0 spiro atoms. The van der Waals surface area contributed by atoms with E-state index >= 15 is 0 Å². The lowest BCUT2D eigenvalue weighted by molar-refractivity contribution is 1.05. The Morgan fingerprint density at radius 2 is 2.00 bits per heavy atom. The van der Waals surface area contributed by atoms with Crippen molar-refractivity contribution in [3.63, 3.8) is 0 Å². The third kappa shape index (κ3) is 2.17. The van der Waals surface area contributed by atoms with Gasteiger partial charge in [0.2, 0.25) is 0 Å². The summed E-state index contributed by atoms with van der Waals surface area (Å²) in [6.45, 7) is 2.05. The molecule has 0 aliphatic rings. The molecule has 94 valence electrons. The molecule has 19 heavy (non-hydrogen) atoms. The maximum Gasteiger partial charge on any atom is 0.136 e. The lowest BCUT2D eigenvalue weighted by Crippen LogP contribution is -1.95. The van der Waals surface area contributed by atoms with Crippen LogP contribution in [0.2, 0.25) is 5.15 Å². The second kappa shape index (κ2) is 4.94. The topological polar surface area (TPSA) is 38.7 Å². The average molecular weight is 270 g/mol. The lowest BCUT2D eigenvalue weighted by atomic mass is 10.0. The summed E-state index contributed by atoms with van der Waals surface area (Å²) < 4.78 is 0. The molecule has 0 amide bonds. The molecule has 0 bridgehead atoms. The molecule has 0 saturated heterocycles. The summed E-state index contributed by atoms with van der Waals surface area (Å²) in [5.74, 6) is 0. The summed E-state index contributed by atoms with van der Waals surface area (Å²) in [5.41, 5.74) is 3.90. The van der Waals surface area contributed by atoms with Gasteiger partial charge in [-0.15, -0.1) is 0 Å². The Labute approximate surface area is 116 Å². The summed E-state index contributed by atoms with van der Waals surface area (Å²) >= 11 is 6.13. The second-order valence-electron chi connectivity index (χ2n) is 4.26. The monoisotopic (exact) mass is 269 g/mol. The quantitative estimate of drug-likeness (QED) is 0.662. The van der Waals surface area contributed by atoms with Gasteiger partial charge in [-0.3, -0.25) is 4.98 Å². The molecule has 1 aromatic carbocycles. The van der Waals surface area contributed by atoms with Gasteiger partial charge in [-0.2, -0.15) is 0 Å². The highest BCUT2D eigenvalue weighted by molar-refractivity contribution is 6.30. The molecule has 0 atom stereocenters. The van der Waals surface area contributed by atoms with Crippen LogP contribution in [0.3, 0.4) is 0 Å². The first kappa shape index (κ1) is 12.1. The predicted octanol–water partition coefficient (Wildman–Crippen LogP) is 3.91. The molecule has 3 nitrogen and oxygen atoms in total. The van der Waals surface area contributed by atoms with Crippen molar-refractivity contribution in [1.82, 2.24) is 15.0 Å². The highest BCUT2D eigenvalue weighted by atomic mass is 35.5. The number of hydrogen-bond donors (Lipinski definition) is 0. The molecule has 0 aliphatic heterocycles. The van der Waals surface area contributed by atoms with Gasteiger partial charge in [0.15, 0.2) is 0 Å². The van der Waals surface area contributed by atoms with Gasteiger partial charge < -0.3 is 0 Å². The van der Waals surface area contributed by atoms with Crippen LogP contribution >= 0.6 is 11.6 Å². The number of fused-ring (bicyclic) bond motifs is 1. The van der Waals surface area contributed by atoms with Crippen LogP contribution in [0.5, 0.6) is 0 Å². The Morgan fingerprint density at radius 1 is 1.11 bits per heavy atom. The van der Waals surface area contributed by atoms with Gasteiger partial charge >= 0.3 is 0 Å². The van der Waals surface area contributed by atoms with Crippen molar-refractivity contribution < 1.29 is 0 Å². The van der Waals surface area contributed by atoms with E-state index in [4.69, 9.17) is 11.6 Å². The van der Waals surface area contributed by atoms with E-state index in [-0.39, 0.29) is 0 Å². The SMILES string of the molecule is CCc1c(Cl)ncnc1-c1ccc2ncccc2c1. The minimum absolute atomic E-state index is 0.527. The van der Waals surface area contributed by atoms with Crippen LogP contribution in [0.25, 0.3) is 22.2 Å². The van der Waals surface area contributed by atoms with Crippen LogP contribution in [-0.2, 0) is 6.42 Å². The van der Waals surface area contributed by atoms with E-state index in [9.17, 15) is 0 Å². The summed E-state index contributed by atoms with van der Waals surface area (Å²) in [6, 6.07) is 10.1. The summed E-state index contributed by atoms with van der Waals surface area (Å²) in [5, 5.41) is 1.62. The smallest absolute Gasteiger partial charge is 0.136 e. The zero-order valence-electron chi connectivity index (χ0n) is 10.5. The Bertz CT molecular complexity index is 740. The van der Waals surface area contributed by atoms with Crippen molar-refractivity contribution in [3.8, 4) is 11.3 Å². The number of rotatable bonds is 2. The zero-order chi connectivity index (χ0) is 13.2. The van der Waals surface area contributed by atoms with Crippen molar-refractivity contribution in [1.29, 1.82) is 0 Å². The molecule has 0 radical (unpaired) electrons. The summed E-state index contributed by atoms with van der Waals surface area (Å²) in [7, 11) is 0. The Kier molecular flexibility index (Phi) is 3.13. The van der Waals surface area contributed by atoms with E-state index in [0.717, 1.165) is 34.1 Å². The van der Waals surface area contributed by atoms with Crippen molar-refractivity contribution >= 4 is 22.5 Å². The van der Waals surface area contributed by atoms with Crippen LogP contribution in [0.15, 0.2) is 42.9 Å². The largest absolute Gasteiger partial charge is 0.256 e. The first-order valence-electron chi connectivity index (χ1n) is 6.14. The average Bonchev–Trinajstić information content (AvgIpc) is 2.46. The fraction of sp³-hybridized carbons (Fsp3) is 0.133. The maximum atomic E-state index is 6.13. The van der Waals surface area contributed by atoms with Crippen LogP contribution in [-0.4, -0.2) is 15.0 Å². The minimum atomic E-state index is 0.527. The number of hydrogen-bond acceptors (Lipinski definition) is 3. The molecule has 2 aromatic heterocycles. The number of benzene rings is 1. The molecule has 0 aliphatic carbocycles. The standard InChI is InChI=1S/C15H12ClN3/c1-2-12-14(18-9-19-15(12)16)11-5-6-13-10(8-11)4-3-7-17-13/h3-9H,2H2,1H3. The van der Waals surface area contributed by atoms with Gasteiger partial charge in [0.1, 0.15) is 11.5 Å². The molecule has 0 unspecified atom stereocenters. The number of halogens is 1. The Hall–Kier alpha value is -2.00. The third-order valence-electron chi connectivity index (χ3n) is 3.12. The molecule has 2 heterocycles. The molecule has 3 aromatic rings. The molecule has 3 rings (SSSR count). The maximum absolute atomic E-state index is 6.13. The van der Waals surface area contributed by atoms with Crippen molar-refractivity contribution in [2.45, 2.75) is 13.3 Å². The molecule has 0 saturated carbocycles. The lowest BCUT2D eigenvalue weighted by Gasteiger charge is -2.08.